The summed E-state index contributed by atoms with van der Waals surface area (Å²) in [5.41, 5.74) is 5.03. The van der Waals surface area contributed by atoms with Crippen molar-refractivity contribution in [2.45, 2.75) is 31.7 Å². The number of rotatable bonds is 7. The molecule has 0 fully saturated rings. The first-order chi connectivity index (χ1) is 12.5. The summed E-state index contributed by atoms with van der Waals surface area (Å²) in [6.07, 6.45) is 0. The lowest BCUT2D eigenvalue weighted by Crippen LogP contribution is -2.34. The van der Waals surface area contributed by atoms with Gasteiger partial charge < -0.3 is 9.80 Å². The van der Waals surface area contributed by atoms with Crippen molar-refractivity contribution in [2.24, 2.45) is 0 Å². The summed E-state index contributed by atoms with van der Waals surface area (Å²) < 4.78 is 28.6. The molecule has 1 atom stereocenters. The quantitative estimate of drug-likeness (QED) is 0.790. The van der Waals surface area contributed by atoms with Crippen molar-refractivity contribution in [3.05, 3.63) is 58.7 Å². The standard InChI is InChI=1S/C21H31N3O2S/c1-15-12-17(3)21(13-16(15)2)27(25,26)22-14-20(24(6)7)18-8-10-19(11-9-18)23(4)5/h8-13,20,22H,14H2,1-7H3. The fraction of sp³-hybridized carbons (Fsp3) is 0.429. The number of anilines is 1. The van der Waals surface area contributed by atoms with Crippen LogP contribution in [0.4, 0.5) is 5.69 Å². The van der Waals surface area contributed by atoms with Crippen molar-refractivity contribution in [3.8, 4) is 0 Å². The van der Waals surface area contributed by atoms with Gasteiger partial charge in [0.2, 0.25) is 10.0 Å². The highest BCUT2D eigenvalue weighted by atomic mass is 32.2. The number of aryl methyl sites for hydroxylation is 3. The number of hydrogen-bond acceptors (Lipinski definition) is 4. The molecule has 0 radical (unpaired) electrons. The first-order valence-corrected chi connectivity index (χ1v) is 10.5. The Kier molecular flexibility index (Phi) is 6.68. The molecule has 1 unspecified atom stereocenters. The van der Waals surface area contributed by atoms with Gasteiger partial charge >= 0.3 is 0 Å². The molecule has 0 aliphatic rings. The van der Waals surface area contributed by atoms with Crippen molar-refractivity contribution in [1.29, 1.82) is 0 Å². The van der Waals surface area contributed by atoms with Crippen LogP contribution in [0.5, 0.6) is 0 Å². The van der Waals surface area contributed by atoms with E-state index in [0.29, 0.717) is 11.4 Å². The topological polar surface area (TPSA) is 52.7 Å². The van der Waals surface area contributed by atoms with Gasteiger partial charge in [0.25, 0.3) is 0 Å². The van der Waals surface area contributed by atoms with E-state index in [4.69, 9.17) is 0 Å². The molecular formula is C21H31N3O2S. The zero-order chi connectivity index (χ0) is 20.4. The summed E-state index contributed by atoms with van der Waals surface area (Å²) in [4.78, 5) is 4.42. The van der Waals surface area contributed by atoms with Gasteiger partial charge in [0, 0.05) is 32.4 Å². The summed E-state index contributed by atoms with van der Waals surface area (Å²) >= 11 is 0. The molecule has 0 amide bonds. The molecule has 2 aromatic carbocycles. The van der Waals surface area contributed by atoms with Gasteiger partial charge in [-0.1, -0.05) is 18.2 Å². The normalized spacial score (nSPS) is 13.0. The monoisotopic (exact) mass is 389 g/mol. The van der Waals surface area contributed by atoms with Crippen LogP contribution >= 0.6 is 0 Å². The summed E-state index contributed by atoms with van der Waals surface area (Å²) in [7, 11) is 4.34. The maximum absolute atomic E-state index is 12.9. The second-order valence-electron chi connectivity index (χ2n) is 7.52. The largest absolute Gasteiger partial charge is 0.378 e. The molecule has 0 saturated carbocycles. The van der Waals surface area contributed by atoms with E-state index in [1.165, 1.54) is 0 Å². The van der Waals surface area contributed by atoms with Gasteiger partial charge in [-0.05, 0) is 75.3 Å². The number of likely N-dealkylation sites (N-methyl/N-ethyl adjacent to an activating group) is 1. The highest BCUT2D eigenvalue weighted by molar-refractivity contribution is 7.89. The molecule has 5 nitrogen and oxygen atoms in total. The number of nitrogens with zero attached hydrogens (tertiary/aromatic N) is 2. The highest BCUT2D eigenvalue weighted by Crippen LogP contribution is 2.23. The lowest BCUT2D eigenvalue weighted by molar-refractivity contribution is 0.299. The molecule has 0 spiro atoms. The van der Waals surface area contributed by atoms with E-state index < -0.39 is 10.0 Å². The Morgan fingerprint density at radius 2 is 1.44 bits per heavy atom. The second kappa shape index (κ2) is 8.42. The summed E-state index contributed by atoms with van der Waals surface area (Å²) in [5, 5.41) is 0. The Labute approximate surface area is 164 Å². The molecule has 0 aliphatic heterocycles. The number of nitrogens with one attached hydrogen (secondary N) is 1. The van der Waals surface area contributed by atoms with Crippen molar-refractivity contribution >= 4 is 15.7 Å². The fourth-order valence-electron chi connectivity index (χ4n) is 3.08. The molecule has 148 valence electrons. The molecule has 0 aromatic heterocycles. The molecular weight excluding hydrogens is 358 g/mol. The second-order valence-corrected chi connectivity index (χ2v) is 9.25. The van der Waals surface area contributed by atoms with E-state index >= 15 is 0 Å². The average molecular weight is 390 g/mol. The Balaban J connectivity index is 2.24. The maximum Gasteiger partial charge on any atom is 0.240 e. The van der Waals surface area contributed by atoms with E-state index in [2.05, 4.69) is 16.9 Å². The van der Waals surface area contributed by atoms with Crippen LogP contribution < -0.4 is 9.62 Å². The van der Waals surface area contributed by atoms with Gasteiger partial charge in [0.1, 0.15) is 0 Å². The van der Waals surface area contributed by atoms with E-state index in [-0.39, 0.29) is 6.04 Å². The third-order valence-corrected chi connectivity index (χ3v) is 6.53. The van der Waals surface area contributed by atoms with Crippen molar-refractivity contribution < 1.29 is 8.42 Å². The molecule has 0 saturated heterocycles. The zero-order valence-electron chi connectivity index (χ0n) is 17.4. The van der Waals surface area contributed by atoms with Crippen molar-refractivity contribution in [2.75, 3.05) is 39.6 Å². The molecule has 0 aliphatic carbocycles. The minimum atomic E-state index is -3.57. The lowest BCUT2D eigenvalue weighted by Gasteiger charge is -2.26. The molecule has 27 heavy (non-hydrogen) atoms. The first-order valence-electron chi connectivity index (χ1n) is 9.04. The van der Waals surface area contributed by atoms with Crippen LogP contribution in [-0.4, -0.2) is 48.1 Å². The van der Waals surface area contributed by atoms with Gasteiger partial charge in [-0.25, -0.2) is 13.1 Å². The Morgan fingerprint density at radius 1 is 0.889 bits per heavy atom. The average Bonchev–Trinajstić information content (AvgIpc) is 2.58. The Hall–Kier alpha value is -1.89. The van der Waals surface area contributed by atoms with E-state index in [1.54, 1.807) is 6.07 Å². The highest BCUT2D eigenvalue weighted by Gasteiger charge is 2.21. The molecule has 0 heterocycles. The lowest BCUT2D eigenvalue weighted by atomic mass is 10.1. The smallest absolute Gasteiger partial charge is 0.240 e. The van der Waals surface area contributed by atoms with Crippen molar-refractivity contribution in [1.82, 2.24) is 9.62 Å². The first kappa shape index (κ1) is 21.4. The molecule has 2 rings (SSSR count). The zero-order valence-corrected chi connectivity index (χ0v) is 18.2. The van der Waals surface area contributed by atoms with Gasteiger partial charge in [-0.3, -0.25) is 0 Å². The fourth-order valence-corrected chi connectivity index (χ4v) is 4.43. The maximum atomic E-state index is 12.9. The molecule has 2 aromatic rings. The van der Waals surface area contributed by atoms with Crippen LogP contribution in [0.25, 0.3) is 0 Å². The van der Waals surface area contributed by atoms with Crippen molar-refractivity contribution in [3.63, 3.8) is 0 Å². The molecule has 0 bridgehead atoms. The Morgan fingerprint density at radius 3 is 1.96 bits per heavy atom. The number of sulfonamides is 1. The predicted octanol–water partition coefficient (Wildman–Crippen LogP) is 3.26. The Bertz CT molecular complexity index is 888. The predicted molar refractivity (Wildman–Crippen MR) is 113 cm³/mol. The van der Waals surface area contributed by atoms with Crippen LogP contribution in [0.2, 0.25) is 0 Å². The summed E-state index contributed by atoms with van der Waals surface area (Å²) in [6.45, 7) is 6.07. The SMILES string of the molecule is Cc1cc(C)c(S(=O)(=O)NCC(c2ccc(N(C)C)cc2)N(C)C)cc1C. The van der Waals surface area contributed by atoms with Crippen LogP contribution in [0.15, 0.2) is 41.3 Å². The summed E-state index contributed by atoms with van der Waals surface area (Å²) in [6, 6.07) is 11.8. The van der Waals surface area contributed by atoms with E-state index in [1.807, 2.05) is 77.0 Å². The minimum absolute atomic E-state index is 0.0529. The number of benzene rings is 2. The van der Waals surface area contributed by atoms with Gasteiger partial charge in [-0.2, -0.15) is 0 Å². The van der Waals surface area contributed by atoms with Gasteiger partial charge in [0.15, 0.2) is 0 Å². The van der Waals surface area contributed by atoms with Crippen LogP contribution in [0.1, 0.15) is 28.3 Å². The van der Waals surface area contributed by atoms with Crippen LogP contribution in [0, 0.1) is 20.8 Å². The van der Waals surface area contributed by atoms with E-state index in [0.717, 1.165) is 27.9 Å². The minimum Gasteiger partial charge on any atom is -0.378 e. The third kappa shape index (κ3) is 5.09. The molecule has 6 heteroatoms. The van der Waals surface area contributed by atoms with Gasteiger partial charge in [0.05, 0.1) is 4.90 Å². The third-order valence-electron chi connectivity index (χ3n) is 4.97. The van der Waals surface area contributed by atoms with E-state index in [9.17, 15) is 8.42 Å². The van der Waals surface area contributed by atoms with Gasteiger partial charge in [-0.15, -0.1) is 0 Å². The van der Waals surface area contributed by atoms with Crippen LogP contribution in [0.3, 0.4) is 0 Å². The number of hydrogen-bond donors (Lipinski definition) is 1. The molecule has 1 N–H and O–H groups in total. The van der Waals surface area contributed by atoms with Crippen LogP contribution in [-0.2, 0) is 10.0 Å². The summed E-state index contributed by atoms with van der Waals surface area (Å²) in [5.74, 6) is 0.